The molecule has 0 unspecified atom stereocenters. The Morgan fingerprint density at radius 3 is 2.73 bits per heavy atom. The van der Waals surface area contributed by atoms with Gasteiger partial charge in [-0.1, -0.05) is 36.4 Å². The number of hydrogen-bond donors (Lipinski definition) is 0. The molecule has 26 heavy (non-hydrogen) atoms. The average Bonchev–Trinajstić information content (AvgIpc) is 3.19. The smallest absolute Gasteiger partial charge is 0.237 e. The maximum Gasteiger partial charge on any atom is 0.237 e. The molecule has 3 rings (SSSR count). The van der Waals surface area contributed by atoms with E-state index in [1.54, 1.807) is 11.2 Å². The summed E-state index contributed by atoms with van der Waals surface area (Å²) < 4.78 is 5.35. The fourth-order valence-electron chi connectivity index (χ4n) is 3.13. The molecule has 134 valence electrons. The van der Waals surface area contributed by atoms with Gasteiger partial charge in [-0.05, 0) is 29.7 Å². The van der Waals surface area contributed by atoms with E-state index in [1.807, 2.05) is 30.3 Å². The Labute approximate surface area is 154 Å². The zero-order valence-corrected chi connectivity index (χ0v) is 14.8. The number of carbonyl (C=O) groups is 1. The standard InChI is InChI=1S/C21H23N3O2/c22-11-5-12-24(16-20-8-4-15-26-20)21(25)17-23-13-9-19(10-14-23)18-6-2-1-3-7-18/h1-4,6-9,15H,5,10,12-14,16-17H2. The first-order chi connectivity index (χ1) is 12.8. The van der Waals surface area contributed by atoms with E-state index in [4.69, 9.17) is 9.68 Å². The Morgan fingerprint density at radius 2 is 2.08 bits per heavy atom. The predicted octanol–water partition coefficient (Wildman–Crippen LogP) is 3.31. The first kappa shape index (κ1) is 18.0. The molecule has 1 aliphatic rings. The quantitative estimate of drug-likeness (QED) is 0.769. The summed E-state index contributed by atoms with van der Waals surface area (Å²) in [6, 6.07) is 16.1. The van der Waals surface area contributed by atoms with E-state index in [2.05, 4.69) is 29.2 Å². The lowest BCUT2D eigenvalue weighted by molar-refractivity contribution is -0.133. The number of hydrogen-bond acceptors (Lipinski definition) is 4. The average molecular weight is 349 g/mol. The molecule has 2 aromatic rings. The zero-order valence-electron chi connectivity index (χ0n) is 14.8. The van der Waals surface area contributed by atoms with Crippen LogP contribution < -0.4 is 0 Å². The van der Waals surface area contributed by atoms with Crippen LogP contribution in [-0.4, -0.2) is 41.9 Å². The minimum absolute atomic E-state index is 0.0354. The summed E-state index contributed by atoms with van der Waals surface area (Å²) in [4.78, 5) is 16.6. The van der Waals surface area contributed by atoms with Crippen LogP contribution in [0.5, 0.6) is 0 Å². The molecule has 1 amide bonds. The van der Waals surface area contributed by atoms with Gasteiger partial charge in [0.1, 0.15) is 5.76 Å². The van der Waals surface area contributed by atoms with Crippen LogP contribution in [0.3, 0.4) is 0 Å². The first-order valence-corrected chi connectivity index (χ1v) is 8.90. The van der Waals surface area contributed by atoms with Gasteiger partial charge in [-0.25, -0.2) is 0 Å². The summed E-state index contributed by atoms with van der Waals surface area (Å²) >= 11 is 0. The van der Waals surface area contributed by atoms with E-state index in [9.17, 15) is 4.79 Å². The van der Waals surface area contributed by atoms with Crippen molar-refractivity contribution in [1.29, 1.82) is 5.26 Å². The summed E-state index contributed by atoms with van der Waals surface area (Å²) in [6.45, 7) is 2.83. The van der Waals surface area contributed by atoms with Crippen molar-refractivity contribution in [2.75, 3.05) is 26.2 Å². The summed E-state index contributed by atoms with van der Waals surface area (Å²) in [6.07, 6.45) is 5.07. The summed E-state index contributed by atoms with van der Waals surface area (Å²) in [5, 5.41) is 8.85. The summed E-state index contributed by atoms with van der Waals surface area (Å²) in [7, 11) is 0. The van der Waals surface area contributed by atoms with E-state index in [0.29, 0.717) is 26.1 Å². The van der Waals surface area contributed by atoms with Crippen molar-refractivity contribution in [1.82, 2.24) is 9.80 Å². The van der Waals surface area contributed by atoms with Crippen molar-refractivity contribution >= 4 is 11.5 Å². The van der Waals surface area contributed by atoms with Crippen molar-refractivity contribution in [3.8, 4) is 6.07 Å². The van der Waals surface area contributed by atoms with Crippen LogP contribution in [-0.2, 0) is 11.3 Å². The number of nitrogens with zero attached hydrogens (tertiary/aromatic N) is 3. The number of carbonyl (C=O) groups excluding carboxylic acids is 1. The maximum absolute atomic E-state index is 12.7. The molecule has 2 heterocycles. The lowest BCUT2D eigenvalue weighted by Crippen LogP contribution is -2.41. The molecule has 5 nitrogen and oxygen atoms in total. The van der Waals surface area contributed by atoms with Crippen molar-refractivity contribution < 1.29 is 9.21 Å². The normalized spacial score (nSPS) is 14.5. The third kappa shape index (κ3) is 4.84. The number of rotatable bonds is 7. The Hall–Kier alpha value is -2.84. The van der Waals surface area contributed by atoms with Gasteiger partial charge in [0.2, 0.25) is 5.91 Å². The molecule has 0 fully saturated rings. The molecule has 0 N–H and O–H groups in total. The molecular weight excluding hydrogens is 326 g/mol. The van der Waals surface area contributed by atoms with Gasteiger partial charge in [-0.2, -0.15) is 5.26 Å². The minimum atomic E-state index is 0.0354. The highest BCUT2D eigenvalue weighted by atomic mass is 16.3. The molecule has 0 aliphatic carbocycles. The van der Waals surface area contributed by atoms with Crippen LogP contribution >= 0.6 is 0 Å². The Morgan fingerprint density at radius 1 is 1.23 bits per heavy atom. The lowest BCUT2D eigenvalue weighted by Gasteiger charge is -2.29. The second-order valence-corrected chi connectivity index (χ2v) is 6.38. The molecule has 0 saturated carbocycles. The highest BCUT2D eigenvalue weighted by Gasteiger charge is 2.20. The van der Waals surface area contributed by atoms with Gasteiger partial charge in [-0.15, -0.1) is 0 Å². The van der Waals surface area contributed by atoms with Gasteiger partial charge >= 0.3 is 0 Å². The number of nitriles is 1. The lowest BCUT2D eigenvalue weighted by atomic mass is 9.99. The molecule has 1 aromatic carbocycles. The molecule has 1 aromatic heterocycles. The molecular formula is C21H23N3O2. The maximum atomic E-state index is 12.7. The van der Waals surface area contributed by atoms with Gasteiger partial charge in [-0.3, -0.25) is 9.69 Å². The monoisotopic (exact) mass is 349 g/mol. The van der Waals surface area contributed by atoms with Crippen LogP contribution in [0.25, 0.3) is 5.57 Å². The largest absolute Gasteiger partial charge is 0.467 e. The van der Waals surface area contributed by atoms with Crippen molar-refractivity contribution in [3.63, 3.8) is 0 Å². The van der Waals surface area contributed by atoms with E-state index >= 15 is 0 Å². The molecule has 0 radical (unpaired) electrons. The summed E-state index contributed by atoms with van der Waals surface area (Å²) in [5.74, 6) is 0.773. The topological polar surface area (TPSA) is 60.5 Å². The predicted molar refractivity (Wildman–Crippen MR) is 99.8 cm³/mol. The molecule has 1 aliphatic heterocycles. The van der Waals surface area contributed by atoms with Crippen LogP contribution in [0.1, 0.15) is 24.2 Å². The van der Waals surface area contributed by atoms with E-state index in [1.165, 1.54) is 11.1 Å². The van der Waals surface area contributed by atoms with Crippen LogP contribution in [0, 0.1) is 11.3 Å². The van der Waals surface area contributed by atoms with Crippen LogP contribution in [0.15, 0.2) is 59.2 Å². The zero-order chi connectivity index (χ0) is 18.2. The summed E-state index contributed by atoms with van der Waals surface area (Å²) in [5.41, 5.74) is 2.60. The van der Waals surface area contributed by atoms with Gasteiger partial charge in [0.25, 0.3) is 0 Å². The number of amides is 1. The number of furan rings is 1. The van der Waals surface area contributed by atoms with E-state index in [0.717, 1.165) is 25.3 Å². The second-order valence-electron chi connectivity index (χ2n) is 6.38. The first-order valence-electron chi connectivity index (χ1n) is 8.90. The third-order valence-corrected chi connectivity index (χ3v) is 4.57. The third-order valence-electron chi connectivity index (χ3n) is 4.57. The minimum Gasteiger partial charge on any atom is -0.467 e. The fourth-order valence-corrected chi connectivity index (χ4v) is 3.13. The number of benzene rings is 1. The van der Waals surface area contributed by atoms with Crippen molar-refractivity contribution in [2.45, 2.75) is 19.4 Å². The molecule has 0 saturated heterocycles. The van der Waals surface area contributed by atoms with Gasteiger partial charge < -0.3 is 9.32 Å². The van der Waals surface area contributed by atoms with Gasteiger partial charge in [0, 0.05) is 19.6 Å². The van der Waals surface area contributed by atoms with E-state index in [-0.39, 0.29) is 5.91 Å². The van der Waals surface area contributed by atoms with Crippen molar-refractivity contribution in [3.05, 3.63) is 66.1 Å². The van der Waals surface area contributed by atoms with Gasteiger partial charge in [0.15, 0.2) is 0 Å². The molecule has 5 heteroatoms. The SMILES string of the molecule is N#CCCN(Cc1ccco1)C(=O)CN1CC=C(c2ccccc2)CC1. The fraction of sp³-hybridized carbons (Fsp3) is 0.333. The van der Waals surface area contributed by atoms with E-state index < -0.39 is 0 Å². The molecule has 0 bridgehead atoms. The Balaban J connectivity index is 1.57. The highest BCUT2D eigenvalue weighted by Crippen LogP contribution is 2.22. The van der Waals surface area contributed by atoms with Crippen LogP contribution in [0.4, 0.5) is 0 Å². The van der Waals surface area contributed by atoms with Crippen molar-refractivity contribution in [2.24, 2.45) is 0 Å². The highest BCUT2D eigenvalue weighted by molar-refractivity contribution is 5.78. The Bertz CT molecular complexity index is 775. The van der Waals surface area contributed by atoms with Crippen LogP contribution in [0.2, 0.25) is 0 Å². The second kappa shape index (κ2) is 9.02. The molecule has 0 spiro atoms. The Kier molecular flexibility index (Phi) is 6.24. The molecule has 0 atom stereocenters. The van der Waals surface area contributed by atoms with Gasteiger partial charge in [0.05, 0.1) is 31.8 Å².